The topological polar surface area (TPSA) is 92.5 Å². The fraction of sp³-hybridized carbons (Fsp3) is 0.462. The van der Waals surface area contributed by atoms with E-state index in [1.54, 1.807) is 19.9 Å². The smallest absolute Gasteiger partial charge is 0.282 e. The predicted octanol–water partition coefficient (Wildman–Crippen LogP) is 1.79. The molecule has 6 heteroatoms. The number of carbonyl (C=O) groups is 1. The van der Waals surface area contributed by atoms with E-state index in [0.717, 1.165) is 5.56 Å². The van der Waals surface area contributed by atoms with Crippen LogP contribution in [0.15, 0.2) is 18.2 Å². The summed E-state index contributed by atoms with van der Waals surface area (Å²) in [4.78, 5) is 22.2. The van der Waals surface area contributed by atoms with E-state index in [0.29, 0.717) is 19.4 Å². The molecule has 1 aromatic carbocycles. The normalized spacial score (nSPS) is 11.9. The number of amides is 1. The number of aliphatic hydroxyl groups excluding tert-OH is 1. The molecular formula is C13H18N2O4. The number of benzene rings is 1. The number of rotatable bonds is 6. The van der Waals surface area contributed by atoms with Gasteiger partial charge < -0.3 is 10.4 Å². The number of hydrogen-bond donors (Lipinski definition) is 2. The van der Waals surface area contributed by atoms with Crippen LogP contribution < -0.4 is 5.32 Å². The van der Waals surface area contributed by atoms with Crippen molar-refractivity contribution in [3.63, 3.8) is 0 Å². The summed E-state index contributed by atoms with van der Waals surface area (Å²) in [5.74, 6) is -0.457. The van der Waals surface area contributed by atoms with Crippen molar-refractivity contribution < 1.29 is 14.8 Å². The van der Waals surface area contributed by atoms with Crippen LogP contribution in [0.1, 0.15) is 35.7 Å². The van der Waals surface area contributed by atoms with Gasteiger partial charge in [-0.05, 0) is 38.3 Å². The van der Waals surface area contributed by atoms with Crippen molar-refractivity contribution in [3.8, 4) is 0 Å². The number of nitro benzene ring substituents is 1. The Morgan fingerprint density at radius 1 is 1.53 bits per heavy atom. The molecule has 0 saturated heterocycles. The van der Waals surface area contributed by atoms with Crippen LogP contribution >= 0.6 is 0 Å². The summed E-state index contributed by atoms with van der Waals surface area (Å²) >= 11 is 0. The standard InChI is InChI=1S/C13H18N2O4/c1-9-5-6-12(15(18)19)11(8-9)13(17)14-7-3-4-10(2)16/h5-6,8,10,16H,3-4,7H2,1-2H3,(H,14,17). The summed E-state index contributed by atoms with van der Waals surface area (Å²) in [6, 6.07) is 4.44. The van der Waals surface area contributed by atoms with Crippen molar-refractivity contribution in [2.75, 3.05) is 6.54 Å². The lowest BCUT2D eigenvalue weighted by molar-refractivity contribution is -0.385. The van der Waals surface area contributed by atoms with Crippen molar-refractivity contribution in [1.29, 1.82) is 0 Å². The maximum absolute atomic E-state index is 11.9. The van der Waals surface area contributed by atoms with Gasteiger partial charge in [0.05, 0.1) is 11.0 Å². The van der Waals surface area contributed by atoms with Crippen LogP contribution in [-0.2, 0) is 0 Å². The molecule has 0 saturated carbocycles. The van der Waals surface area contributed by atoms with Gasteiger partial charge in [0.15, 0.2) is 0 Å². The van der Waals surface area contributed by atoms with Crippen LogP contribution in [0.2, 0.25) is 0 Å². The van der Waals surface area contributed by atoms with Crippen LogP contribution in [0.25, 0.3) is 0 Å². The molecule has 19 heavy (non-hydrogen) atoms. The Morgan fingerprint density at radius 2 is 2.21 bits per heavy atom. The van der Waals surface area contributed by atoms with E-state index in [-0.39, 0.29) is 11.3 Å². The van der Waals surface area contributed by atoms with Gasteiger partial charge in [-0.15, -0.1) is 0 Å². The van der Waals surface area contributed by atoms with E-state index in [2.05, 4.69) is 5.32 Å². The van der Waals surface area contributed by atoms with Crippen LogP contribution in [0.5, 0.6) is 0 Å². The van der Waals surface area contributed by atoms with Crippen LogP contribution in [-0.4, -0.2) is 28.6 Å². The molecule has 1 atom stereocenters. The molecule has 1 amide bonds. The average Bonchev–Trinajstić information content (AvgIpc) is 2.33. The second-order valence-corrected chi connectivity index (χ2v) is 4.52. The molecule has 1 rings (SSSR count). The van der Waals surface area contributed by atoms with Gasteiger partial charge in [-0.25, -0.2) is 0 Å². The molecule has 0 spiro atoms. The molecule has 0 aromatic heterocycles. The van der Waals surface area contributed by atoms with E-state index in [1.807, 2.05) is 0 Å². The fourth-order valence-corrected chi connectivity index (χ4v) is 1.69. The summed E-state index contributed by atoms with van der Waals surface area (Å²) in [6.45, 7) is 3.83. The van der Waals surface area contributed by atoms with Crippen molar-refractivity contribution in [2.24, 2.45) is 0 Å². The molecule has 6 nitrogen and oxygen atoms in total. The third-order valence-corrected chi connectivity index (χ3v) is 2.68. The summed E-state index contributed by atoms with van der Waals surface area (Å²) in [7, 11) is 0. The van der Waals surface area contributed by atoms with E-state index < -0.39 is 16.9 Å². The minimum atomic E-state index is -0.565. The first kappa shape index (κ1) is 15.1. The molecule has 0 aliphatic carbocycles. The van der Waals surface area contributed by atoms with Gasteiger partial charge in [-0.1, -0.05) is 6.07 Å². The highest BCUT2D eigenvalue weighted by atomic mass is 16.6. The highest BCUT2D eigenvalue weighted by molar-refractivity contribution is 5.98. The van der Waals surface area contributed by atoms with Crippen molar-refractivity contribution in [1.82, 2.24) is 5.32 Å². The SMILES string of the molecule is Cc1ccc([N+](=O)[O-])c(C(=O)NCCCC(C)O)c1. The molecule has 2 N–H and O–H groups in total. The van der Waals surface area contributed by atoms with Gasteiger partial charge in [-0.3, -0.25) is 14.9 Å². The molecule has 1 aromatic rings. The zero-order chi connectivity index (χ0) is 14.4. The monoisotopic (exact) mass is 266 g/mol. The Bertz CT molecular complexity index is 472. The van der Waals surface area contributed by atoms with E-state index >= 15 is 0 Å². The average molecular weight is 266 g/mol. The summed E-state index contributed by atoms with van der Waals surface area (Å²) in [6.07, 6.45) is 0.796. The molecule has 0 fully saturated rings. The number of nitro groups is 1. The number of nitrogens with one attached hydrogen (secondary N) is 1. The van der Waals surface area contributed by atoms with Crippen LogP contribution in [0.4, 0.5) is 5.69 Å². The third-order valence-electron chi connectivity index (χ3n) is 2.68. The summed E-state index contributed by atoms with van der Waals surface area (Å²) in [5.41, 5.74) is 0.667. The number of nitrogens with zero attached hydrogens (tertiary/aromatic N) is 1. The zero-order valence-electron chi connectivity index (χ0n) is 11.0. The van der Waals surface area contributed by atoms with Crippen LogP contribution in [0, 0.1) is 17.0 Å². The van der Waals surface area contributed by atoms with E-state index in [9.17, 15) is 14.9 Å². The second-order valence-electron chi connectivity index (χ2n) is 4.52. The number of aryl methyl sites for hydroxylation is 1. The Labute approximate surface area is 111 Å². The lowest BCUT2D eigenvalue weighted by Gasteiger charge is -2.07. The van der Waals surface area contributed by atoms with Crippen molar-refractivity contribution in [3.05, 3.63) is 39.4 Å². The molecular weight excluding hydrogens is 248 g/mol. The molecule has 1 unspecified atom stereocenters. The Hall–Kier alpha value is -1.95. The Kier molecular flexibility index (Phi) is 5.44. The minimum absolute atomic E-state index is 0.0713. The number of carbonyl (C=O) groups excluding carboxylic acids is 1. The molecule has 0 heterocycles. The van der Waals surface area contributed by atoms with Gasteiger partial charge in [-0.2, -0.15) is 0 Å². The first-order valence-corrected chi connectivity index (χ1v) is 6.13. The summed E-state index contributed by atoms with van der Waals surface area (Å²) in [5, 5.41) is 22.6. The third kappa shape index (κ3) is 4.67. The molecule has 0 radical (unpaired) electrons. The Morgan fingerprint density at radius 3 is 2.79 bits per heavy atom. The van der Waals surface area contributed by atoms with Crippen LogP contribution in [0.3, 0.4) is 0 Å². The predicted molar refractivity (Wildman–Crippen MR) is 71.1 cm³/mol. The highest BCUT2D eigenvalue weighted by Crippen LogP contribution is 2.19. The quantitative estimate of drug-likeness (QED) is 0.466. The van der Waals surface area contributed by atoms with E-state index in [1.165, 1.54) is 12.1 Å². The van der Waals surface area contributed by atoms with Gasteiger partial charge >= 0.3 is 0 Å². The number of hydrogen-bond acceptors (Lipinski definition) is 4. The minimum Gasteiger partial charge on any atom is -0.393 e. The zero-order valence-corrected chi connectivity index (χ0v) is 11.0. The second kappa shape index (κ2) is 6.84. The molecule has 0 aliphatic heterocycles. The van der Waals surface area contributed by atoms with Crippen molar-refractivity contribution >= 4 is 11.6 Å². The van der Waals surface area contributed by atoms with Gasteiger partial charge in [0.2, 0.25) is 0 Å². The maximum atomic E-state index is 11.9. The lowest BCUT2D eigenvalue weighted by atomic mass is 10.1. The van der Waals surface area contributed by atoms with Gasteiger partial charge in [0, 0.05) is 12.6 Å². The van der Waals surface area contributed by atoms with Gasteiger partial charge in [0.25, 0.3) is 11.6 Å². The maximum Gasteiger partial charge on any atom is 0.282 e. The first-order valence-electron chi connectivity index (χ1n) is 6.13. The van der Waals surface area contributed by atoms with E-state index in [4.69, 9.17) is 5.11 Å². The molecule has 104 valence electrons. The molecule has 0 bridgehead atoms. The largest absolute Gasteiger partial charge is 0.393 e. The van der Waals surface area contributed by atoms with Gasteiger partial charge in [0.1, 0.15) is 5.56 Å². The summed E-state index contributed by atoms with van der Waals surface area (Å²) < 4.78 is 0. The first-order chi connectivity index (χ1) is 8.91. The number of aliphatic hydroxyl groups is 1. The lowest BCUT2D eigenvalue weighted by Crippen LogP contribution is -2.25. The molecule has 0 aliphatic rings. The fourth-order valence-electron chi connectivity index (χ4n) is 1.69. The Balaban J connectivity index is 2.70. The van der Waals surface area contributed by atoms with Crippen molar-refractivity contribution in [2.45, 2.75) is 32.8 Å². The highest BCUT2D eigenvalue weighted by Gasteiger charge is 2.19.